The summed E-state index contributed by atoms with van der Waals surface area (Å²) in [5, 5.41) is 7.66. The lowest BCUT2D eigenvalue weighted by atomic mass is 9.58. The zero-order chi connectivity index (χ0) is 22.8. The second kappa shape index (κ2) is 8.77. The molecule has 170 valence electrons. The maximum atomic E-state index is 10.9. The first-order valence-electron chi connectivity index (χ1n) is 11.5. The van der Waals surface area contributed by atoms with Crippen LogP contribution in [0.1, 0.15) is 37.8 Å². The molecule has 0 radical (unpaired) electrons. The number of aryl methyl sites for hydroxylation is 1. The largest absolute Gasteiger partial charge is 0.357 e. The monoisotopic (exact) mass is 443 g/mol. The Labute approximate surface area is 193 Å². The van der Waals surface area contributed by atoms with Gasteiger partial charge in [0.2, 0.25) is 0 Å². The smallest absolute Gasteiger partial charge is 0.129 e. The van der Waals surface area contributed by atoms with Gasteiger partial charge in [0, 0.05) is 24.7 Å². The highest BCUT2D eigenvalue weighted by Gasteiger charge is 2.45. The molecule has 1 saturated heterocycles. The minimum atomic E-state index is 0.287. The fourth-order valence-electron chi connectivity index (χ4n) is 4.95. The molecule has 0 aromatic carbocycles. The van der Waals surface area contributed by atoms with E-state index >= 15 is 0 Å². The maximum absolute atomic E-state index is 10.9. The topological polar surface area (TPSA) is 94.9 Å². The molecule has 1 spiro atoms. The highest BCUT2D eigenvalue weighted by Crippen LogP contribution is 2.52. The van der Waals surface area contributed by atoms with Gasteiger partial charge in [0.15, 0.2) is 0 Å². The van der Waals surface area contributed by atoms with E-state index < -0.39 is 0 Å². The summed E-state index contributed by atoms with van der Waals surface area (Å²) >= 11 is 0. The lowest BCUT2D eigenvalue weighted by molar-refractivity contribution is -0.118. The number of nitrogens with zero attached hydrogens (tertiary/aromatic N) is 5. The van der Waals surface area contributed by atoms with E-state index in [4.69, 9.17) is 0 Å². The molecule has 2 aromatic rings. The van der Waals surface area contributed by atoms with Gasteiger partial charge in [0.05, 0.1) is 41.6 Å². The van der Waals surface area contributed by atoms with Crippen LogP contribution >= 0.6 is 0 Å². The van der Waals surface area contributed by atoms with Gasteiger partial charge in [-0.15, -0.1) is 0 Å². The van der Waals surface area contributed by atoms with Crippen LogP contribution in [-0.2, 0) is 4.79 Å². The first-order chi connectivity index (χ1) is 16.0. The number of carbonyl (C=O) groups is 1. The molecule has 2 aromatic heterocycles. The van der Waals surface area contributed by atoms with Crippen LogP contribution in [-0.4, -0.2) is 40.9 Å². The third-order valence-electron chi connectivity index (χ3n) is 6.94. The van der Waals surface area contributed by atoms with Crippen molar-refractivity contribution in [3.8, 4) is 0 Å². The first-order valence-corrected chi connectivity index (χ1v) is 11.5. The molecule has 0 atom stereocenters. The average Bonchev–Trinajstić information content (AvgIpc) is 3.28. The Balaban J connectivity index is 1.13. The van der Waals surface area contributed by atoms with Crippen LogP contribution in [0.25, 0.3) is 0 Å². The maximum Gasteiger partial charge on any atom is 0.129 e. The van der Waals surface area contributed by atoms with Gasteiger partial charge in [-0.05, 0) is 62.3 Å². The van der Waals surface area contributed by atoms with Crippen LogP contribution in [0.15, 0.2) is 59.0 Å². The highest BCUT2D eigenvalue weighted by atomic mass is 16.1. The van der Waals surface area contributed by atoms with Gasteiger partial charge >= 0.3 is 0 Å². The third-order valence-corrected chi connectivity index (χ3v) is 6.94. The van der Waals surface area contributed by atoms with Crippen molar-refractivity contribution in [2.24, 2.45) is 21.4 Å². The number of rotatable bonds is 6. The van der Waals surface area contributed by atoms with Gasteiger partial charge in [0.25, 0.3) is 0 Å². The highest BCUT2D eigenvalue weighted by molar-refractivity contribution is 6.16. The van der Waals surface area contributed by atoms with Crippen molar-refractivity contribution in [3.05, 3.63) is 54.6 Å². The summed E-state index contributed by atoms with van der Waals surface area (Å²) in [6.45, 7) is 8.08. The molecule has 3 aliphatic rings. The summed E-state index contributed by atoms with van der Waals surface area (Å²) in [5.74, 6) is 2.05. The minimum Gasteiger partial charge on any atom is -0.357 e. The normalized spacial score (nSPS) is 20.8. The number of carbonyl (C=O) groups excluding carboxylic acids is 1. The van der Waals surface area contributed by atoms with Crippen LogP contribution in [0.2, 0.25) is 0 Å². The second-order valence-corrected chi connectivity index (χ2v) is 9.36. The molecule has 1 saturated carbocycles. The summed E-state index contributed by atoms with van der Waals surface area (Å²) in [4.78, 5) is 26.8. The fourth-order valence-corrected chi connectivity index (χ4v) is 4.95. The Bertz CT molecular complexity index is 1090. The number of amidine groups is 1. The number of hydrazone groups is 1. The van der Waals surface area contributed by atoms with E-state index in [2.05, 4.69) is 48.3 Å². The molecule has 5 rings (SSSR count). The Kier molecular flexibility index (Phi) is 5.66. The Morgan fingerprint density at radius 1 is 1.21 bits per heavy atom. The number of aromatic nitrogens is 2. The Morgan fingerprint density at radius 3 is 2.70 bits per heavy atom. The van der Waals surface area contributed by atoms with E-state index in [1.807, 2.05) is 31.3 Å². The van der Waals surface area contributed by atoms with E-state index in [-0.39, 0.29) is 5.92 Å². The quantitative estimate of drug-likeness (QED) is 0.656. The standard InChI is InChI=1S/C25H29N7O/c1-17-3-4-21(14-26-17)29-23-11-22(30-31-23)18(2)28-20-5-6-24(27-15-20)32-9-7-25(8-10-32)12-19(13-25)16-33/h3-6,14-16,19,28H,2,7-13H2,1H3,(H,29,31). The molecule has 1 aliphatic carbocycles. The number of hydrogen-bond donors (Lipinski definition) is 2. The molecule has 2 aliphatic heterocycles. The van der Waals surface area contributed by atoms with Crippen molar-refractivity contribution < 1.29 is 4.79 Å². The van der Waals surface area contributed by atoms with Crippen molar-refractivity contribution in [1.82, 2.24) is 15.4 Å². The van der Waals surface area contributed by atoms with E-state index in [0.717, 1.165) is 85.2 Å². The van der Waals surface area contributed by atoms with Gasteiger partial charge in [0.1, 0.15) is 17.9 Å². The molecule has 0 amide bonds. The van der Waals surface area contributed by atoms with Crippen LogP contribution in [0.4, 0.5) is 17.2 Å². The summed E-state index contributed by atoms with van der Waals surface area (Å²) in [6.07, 6.45) is 9.71. The summed E-state index contributed by atoms with van der Waals surface area (Å²) < 4.78 is 0. The lowest BCUT2D eigenvalue weighted by Gasteiger charge is -2.51. The predicted molar refractivity (Wildman–Crippen MR) is 131 cm³/mol. The second-order valence-electron chi connectivity index (χ2n) is 9.36. The Morgan fingerprint density at radius 2 is 2.03 bits per heavy atom. The van der Waals surface area contributed by atoms with E-state index in [9.17, 15) is 4.79 Å². The number of pyridine rings is 2. The number of piperidine rings is 1. The molecular weight excluding hydrogens is 414 g/mol. The predicted octanol–water partition coefficient (Wildman–Crippen LogP) is 3.99. The molecule has 8 heteroatoms. The third kappa shape index (κ3) is 4.65. The Hall–Kier alpha value is -3.55. The van der Waals surface area contributed by atoms with E-state index in [0.29, 0.717) is 11.8 Å². The van der Waals surface area contributed by atoms with E-state index in [1.54, 1.807) is 6.20 Å². The van der Waals surface area contributed by atoms with Gasteiger partial charge < -0.3 is 15.0 Å². The van der Waals surface area contributed by atoms with Crippen LogP contribution in [0.3, 0.4) is 0 Å². The molecule has 33 heavy (non-hydrogen) atoms. The summed E-state index contributed by atoms with van der Waals surface area (Å²) in [7, 11) is 0. The summed E-state index contributed by atoms with van der Waals surface area (Å²) in [5.41, 5.74) is 7.54. The number of hydrogen-bond acceptors (Lipinski definition) is 7. The SMILES string of the molecule is C=C(Nc1ccc(N2CCC3(CC2)CC(C=O)C3)nc1)C1=NNC(=Nc2ccc(C)nc2)C1. The van der Waals surface area contributed by atoms with Gasteiger partial charge in [-0.1, -0.05) is 6.58 Å². The zero-order valence-electron chi connectivity index (χ0n) is 18.9. The molecule has 2 N–H and O–H groups in total. The van der Waals surface area contributed by atoms with Crippen molar-refractivity contribution in [2.45, 2.75) is 39.0 Å². The number of allylic oxidation sites excluding steroid dienone is 1. The van der Waals surface area contributed by atoms with Crippen molar-refractivity contribution in [1.29, 1.82) is 0 Å². The van der Waals surface area contributed by atoms with Gasteiger partial charge in [-0.2, -0.15) is 5.10 Å². The zero-order valence-corrected chi connectivity index (χ0v) is 18.9. The van der Waals surface area contributed by atoms with Crippen molar-refractivity contribution >= 4 is 35.0 Å². The van der Waals surface area contributed by atoms with E-state index in [1.165, 1.54) is 0 Å². The molecule has 0 unspecified atom stereocenters. The number of anilines is 2. The molecule has 2 fully saturated rings. The number of aliphatic imine (C=N–C) groups is 1. The first kappa shape index (κ1) is 21.3. The van der Waals surface area contributed by atoms with Gasteiger partial charge in [-0.3, -0.25) is 10.4 Å². The van der Waals surface area contributed by atoms with Crippen molar-refractivity contribution in [2.75, 3.05) is 23.3 Å². The average molecular weight is 444 g/mol. The molecule has 0 bridgehead atoms. The van der Waals surface area contributed by atoms with Crippen molar-refractivity contribution in [3.63, 3.8) is 0 Å². The number of aldehydes is 1. The van der Waals surface area contributed by atoms with Crippen LogP contribution in [0, 0.1) is 18.3 Å². The lowest BCUT2D eigenvalue weighted by Crippen LogP contribution is -2.47. The van der Waals surface area contributed by atoms with Crippen LogP contribution < -0.4 is 15.6 Å². The molecule has 8 nitrogen and oxygen atoms in total. The summed E-state index contributed by atoms with van der Waals surface area (Å²) in [6, 6.07) is 7.95. The fraction of sp³-hybridized carbons (Fsp3) is 0.400. The van der Waals surface area contributed by atoms with Crippen LogP contribution in [0.5, 0.6) is 0 Å². The molecule has 4 heterocycles. The van der Waals surface area contributed by atoms with Gasteiger partial charge in [-0.25, -0.2) is 9.98 Å². The minimum absolute atomic E-state index is 0.287. The molecular formula is C25H29N7O. The number of nitrogens with one attached hydrogen (secondary N) is 2.